The Morgan fingerprint density at radius 3 is 2.79 bits per heavy atom. The summed E-state index contributed by atoms with van der Waals surface area (Å²) in [6.45, 7) is 8.60. The second-order valence-electron chi connectivity index (χ2n) is 6.81. The first kappa shape index (κ1) is 16.7. The average Bonchev–Trinajstić information content (AvgIpc) is 3.17. The molecule has 0 radical (unpaired) electrons. The van der Waals surface area contributed by atoms with Crippen LogP contribution < -0.4 is 0 Å². The van der Waals surface area contributed by atoms with Crippen molar-refractivity contribution in [3.8, 4) is 0 Å². The molecule has 3 heterocycles. The topological polar surface area (TPSA) is 87.9 Å². The molecule has 0 spiro atoms. The van der Waals surface area contributed by atoms with E-state index in [1.165, 1.54) is 0 Å². The molecule has 1 N–H and O–H groups in total. The Hall–Kier alpha value is -2.18. The SMILES string of the molecule is Cc1noc(C)c1CC(=O)N1CCCCC1c1nc(C(C)C)n[nH]1. The third-order valence-corrected chi connectivity index (χ3v) is 4.68. The highest BCUT2D eigenvalue weighted by Crippen LogP contribution is 2.30. The van der Waals surface area contributed by atoms with Gasteiger partial charge >= 0.3 is 0 Å². The van der Waals surface area contributed by atoms with Crippen LogP contribution in [0.15, 0.2) is 4.52 Å². The molecule has 0 aromatic carbocycles. The minimum absolute atomic E-state index is 0.0216. The highest BCUT2D eigenvalue weighted by molar-refractivity contribution is 5.79. The molecular weight excluding hydrogens is 306 g/mol. The maximum Gasteiger partial charge on any atom is 0.227 e. The number of hydrogen-bond acceptors (Lipinski definition) is 5. The molecule has 7 nitrogen and oxygen atoms in total. The lowest BCUT2D eigenvalue weighted by Gasteiger charge is -2.34. The van der Waals surface area contributed by atoms with Gasteiger partial charge in [-0.3, -0.25) is 9.89 Å². The number of carbonyl (C=O) groups is 1. The number of rotatable bonds is 4. The second kappa shape index (κ2) is 6.75. The molecule has 24 heavy (non-hydrogen) atoms. The van der Waals surface area contributed by atoms with Gasteiger partial charge in [-0.15, -0.1) is 0 Å². The zero-order chi connectivity index (χ0) is 17.3. The van der Waals surface area contributed by atoms with Crippen LogP contribution in [0.5, 0.6) is 0 Å². The van der Waals surface area contributed by atoms with Gasteiger partial charge in [0.15, 0.2) is 5.82 Å². The molecule has 2 aromatic heterocycles. The molecule has 3 rings (SSSR count). The van der Waals surface area contributed by atoms with Crippen LogP contribution in [0, 0.1) is 13.8 Å². The van der Waals surface area contributed by atoms with E-state index in [0.717, 1.165) is 54.5 Å². The Labute approximate surface area is 141 Å². The van der Waals surface area contributed by atoms with Crippen LogP contribution in [0.3, 0.4) is 0 Å². The van der Waals surface area contributed by atoms with Gasteiger partial charge < -0.3 is 9.42 Å². The van der Waals surface area contributed by atoms with E-state index >= 15 is 0 Å². The highest BCUT2D eigenvalue weighted by atomic mass is 16.5. The van der Waals surface area contributed by atoms with Gasteiger partial charge in [0.25, 0.3) is 0 Å². The molecule has 1 saturated heterocycles. The van der Waals surface area contributed by atoms with Crippen LogP contribution in [-0.2, 0) is 11.2 Å². The van der Waals surface area contributed by atoms with Gasteiger partial charge in [-0.1, -0.05) is 19.0 Å². The number of aromatic amines is 1. The summed E-state index contributed by atoms with van der Waals surface area (Å²) in [6, 6.07) is -0.0216. The number of hydrogen-bond donors (Lipinski definition) is 1. The summed E-state index contributed by atoms with van der Waals surface area (Å²) in [5.74, 6) is 2.68. The maximum absolute atomic E-state index is 12.9. The molecular formula is C17H25N5O2. The molecule has 0 saturated carbocycles. The van der Waals surface area contributed by atoms with Crippen molar-refractivity contribution in [1.82, 2.24) is 25.2 Å². The lowest BCUT2D eigenvalue weighted by atomic mass is 10.00. The molecule has 1 aliphatic heterocycles. The summed E-state index contributed by atoms with van der Waals surface area (Å²) in [6.07, 6.45) is 3.36. The van der Waals surface area contributed by atoms with E-state index < -0.39 is 0 Å². The molecule has 0 aliphatic carbocycles. The molecule has 1 unspecified atom stereocenters. The Balaban J connectivity index is 1.79. The third kappa shape index (κ3) is 3.20. The van der Waals surface area contributed by atoms with Crippen LogP contribution in [0.1, 0.15) is 73.7 Å². The maximum atomic E-state index is 12.9. The lowest BCUT2D eigenvalue weighted by molar-refractivity contribution is -0.134. The van der Waals surface area contributed by atoms with Crippen molar-refractivity contribution in [2.24, 2.45) is 0 Å². The van der Waals surface area contributed by atoms with Crippen molar-refractivity contribution in [2.75, 3.05) is 6.54 Å². The van der Waals surface area contributed by atoms with E-state index in [4.69, 9.17) is 4.52 Å². The first-order valence-corrected chi connectivity index (χ1v) is 8.60. The monoisotopic (exact) mass is 331 g/mol. The summed E-state index contributed by atoms with van der Waals surface area (Å²) in [7, 11) is 0. The Bertz CT molecular complexity index is 699. The number of H-pyrrole nitrogens is 1. The fourth-order valence-electron chi connectivity index (χ4n) is 3.22. The number of nitrogens with zero attached hydrogens (tertiary/aromatic N) is 4. The van der Waals surface area contributed by atoms with Crippen molar-refractivity contribution >= 4 is 5.91 Å². The average molecular weight is 331 g/mol. The fraction of sp³-hybridized carbons (Fsp3) is 0.647. The fourth-order valence-corrected chi connectivity index (χ4v) is 3.22. The summed E-state index contributed by atoms with van der Waals surface area (Å²) in [5.41, 5.74) is 1.68. The Kier molecular flexibility index (Phi) is 4.69. The van der Waals surface area contributed by atoms with Crippen LogP contribution >= 0.6 is 0 Å². The number of nitrogens with one attached hydrogen (secondary N) is 1. The van der Waals surface area contributed by atoms with Crippen LogP contribution in [0.4, 0.5) is 0 Å². The second-order valence-corrected chi connectivity index (χ2v) is 6.81. The van der Waals surface area contributed by atoms with Gasteiger partial charge in [0.1, 0.15) is 11.6 Å². The first-order valence-electron chi connectivity index (χ1n) is 8.60. The molecule has 2 aromatic rings. The van der Waals surface area contributed by atoms with Crippen molar-refractivity contribution in [3.63, 3.8) is 0 Å². The summed E-state index contributed by atoms with van der Waals surface area (Å²) < 4.78 is 5.18. The molecule has 0 bridgehead atoms. The van der Waals surface area contributed by atoms with Crippen molar-refractivity contribution < 1.29 is 9.32 Å². The zero-order valence-corrected chi connectivity index (χ0v) is 14.8. The van der Waals surface area contributed by atoms with Crippen LogP contribution in [0.2, 0.25) is 0 Å². The van der Waals surface area contributed by atoms with Crippen molar-refractivity contribution in [2.45, 2.75) is 65.3 Å². The van der Waals surface area contributed by atoms with Crippen molar-refractivity contribution in [1.29, 1.82) is 0 Å². The van der Waals surface area contributed by atoms with E-state index in [2.05, 4.69) is 34.2 Å². The van der Waals surface area contributed by atoms with Gasteiger partial charge in [0, 0.05) is 18.0 Å². The van der Waals surface area contributed by atoms with Gasteiger partial charge in [-0.25, -0.2) is 4.98 Å². The van der Waals surface area contributed by atoms with E-state index in [1.807, 2.05) is 18.7 Å². The van der Waals surface area contributed by atoms with Gasteiger partial charge in [0.2, 0.25) is 5.91 Å². The number of piperidine rings is 1. The van der Waals surface area contributed by atoms with Crippen LogP contribution in [-0.4, -0.2) is 37.7 Å². The van der Waals surface area contributed by atoms with Gasteiger partial charge in [0.05, 0.1) is 18.2 Å². The third-order valence-electron chi connectivity index (χ3n) is 4.68. The van der Waals surface area contributed by atoms with Gasteiger partial charge in [-0.05, 0) is 33.1 Å². The van der Waals surface area contributed by atoms with E-state index in [0.29, 0.717) is 6.42 Å². The predicted octanol–water partition coefficient (Wildman–Crippen LogP) is 2.83. The number of amides is 1. The highest BCUT2D eigenvalue weighted by Gasteiger charge is 2.31. The summed E-state index contributed by atoms with van der Waals surface area (Å²) in [4.78, 5) is 19.4. The first-order chi connectivity index (χ1) is 11.5. The van der Waals surface area contributed by atoms with Gasteiger partial charge in [-0.2, -0.15) is 5.10 Å². The molecule has 7 heteroatoms. The zero-order valence-electron chi connectivity index (χ0n) is 14.8. The number of carbonyl (C=O) groups excluding carboxylic acids is 1. The smallest absolute Gasteiger partial charge is 0.227 e. The largest absolute Gasteiger partial charge is 0.361 e. The Morgan fingerprint density at radius 1 is 1.38 bits per heavy atom. The van der Waals surface area contributed by atoms with Crippen LogP contribution in [0.25, 0.3) is 0 Å². The molecule has 130 valence electrons. The van der Waals surface area contributed by atoms with E-state index in [1.54, 1.807) is 0 Å². The number of likely N-dealkylation sites (tertiary alicyclic amines) is 1. The predicted molar refractivity (Wildman–Crippen MR) is 88.5 cm³/mol. The molecule has 1 amide bonds. The molecule has 1 atom stereocenters. The number of aryl methyl sites for hydroxylation is 2. The molecule has 1 aliphatic rings. The summed E-state index contributed by atoms with van der Waals surface area (Å²) >= 11 is 0. The minimum Gasteiger partial charge on any atom is -0.361 e. The quantitative estimate of drug-likeness (QED) is 0.930. The van der Waals surface area contributed by atoms with E-state index in [-0.39, 0.29) is 17.9 Å². The number of aromatic nitrogens is 4. The van der Waals surface area contributed by atoms with Crippen molar-refractivity contribution in [3.05, 3.63) is 28.7 Å². The van der Waals surface area contributed by atoms with E-state index in [9.17, 15) is 4.79 Å². The summed E-state index contributed by atoms with van der Waals surface area (Å²) in [5, 5.41) is 11.3. The standard InChI is InChI=1S/C17H25N5O2/c1-10(2)16-18-17(20-19-16)14-7-5-6-8-22(14)15(23)9-13-11(3)21-24-12(13)4/h10,14H,5-9H2,1-4H3,(H,18,19,20). The normalized spacial score (nSPS) is 18.4. The minimum atomic E-state index is -0.0216. The Morgan fingerprint density at radius 2 is 2.17 bits per heavy atom. The lowest BCUT2D eigenvalue weighted by Crippen LogP contribution is -2.40. The molecule has 1 fully saturated rings.